The van der Waals surface area contributed by atoms with Gasteiger partial charge in [-0.3, -0.25) is 4.90 Å². The van der Waals surface area contributed by atoms with Crippen LogP contribution in [0.3, 0.4) is 0 Å². The van der Waals surface area contributed by atoms with Gasteiger partial charge in [0, 0.05) is 40.9 Å². The van der Waals surface area contributed by atoms with E-state index in [2.05, 4.69) is 54.2 Å². The molecule has 0 atom stereocenters. The van der Waals surface area contributed by atoms with Gasteiger partial charge in [-0.1, -0.05) is 11.8 Å². The van der Waals surface area contributed by atoms with Crippen molar-refractivity contribution in [3.63, 3.8) is 0 Å². The summed E-state index contributed by atoms with van der Waals surface area (Å²) in [7, 11) is 6.61. The molecule has 1 heterocycles. The molecule has 2 rings (SSSR count). The lowest BCUT2D eigenvalue weighted by Gasteiger charge is -2.49. The maximum atomic E-state index is 8.74. The fourth-order valence-corrected chi connectivity index (χ4v) is 3.80. The molecule has 0 unspecified atom stereocenters. The second-order valence-electron chi connectivity index (χ2n) is 6.22. The standard InChI is InChI=1S/C17H26N2OS/c1-18(2)17(8-6-9-17)14-19(3)12-16-11-15(13-21-16)7-4-5-10-20/h11,13,20H,5-6,8-10,12,14H2,1-3H3. The lowest BCUT2D eigenvalue weighted by Crippen LogP contribution is -2.56. The van der Waals surface area contributed by atoms with Crippen LogP contribution in [0.5, 0.6) is 0 Å². The Bertz CT molecular complexity index is 508. The third-order valence-electron chi connectivity index (χ3n) is 4.35. The van der Waals surface area contributed by atoms with Crippen LogP contribution in [0.1, 0.15) is 36.1 Å². The van der Waals surface area contributed by atoms with E-state index in [-0.39, 0.29) is 6.61 Å². The third kappa shape index (κ3) is 4.31. The maximum Gasteiger partial charge on any atom is 0.0540 e. The monoisotopic (exact) mass is 306 g/mol. The van der Waals surface area contributed by atoms with Gasteiger partial charge in [0.1, 0.15) is 0 Å². The number of aliphatic hydroxyl groups is 1. The quantitative estimate of drug-likeness (QED) is 0.818. The van der Waals surface area contributed by atoms with E-state index in [9.17, 15) is 0 Å². The molecule has 3 nitrogen and oxygen atoms in total. The van der Waals surface area contributed by atoms with Gasteiger partial charge < -0.3 is 10.0 Å². The molecule has 116 valence electrons. The summed E-state index contributed by atoms with van der Waals surface area (Å²) < 4.78 is 0. The van der Waals surface area contributed by atoms with Crippen LogP contribution in [0, 0.1) is 11.8 Å². The van der Waals surface area contributed by atoms with Crippen molar-refractivity contribution < 1.29 is 5.11 Å². The molecule has 0 aliphatic heterocycles. The van der Waals surface area contributed by atoms with Crippen molar-refractivity contribution in [3.8, 4) is 11.8 Å². The van der Waals surface area contributed by atoms with Crippen LogP contribution < -0.4 is 0 Å². The summed E-state index contributed by atoms with van der Waals surface area (Å²) in [6.45, 7) is 2.25. The molecule has 4 heteroatoms. The van der Waals surface area contributed by atoms with Crippen molar-refractivity contribution in [2.75, 3.05) is 34.3 Å². The number of aliphatic hydroxyl groups excluding tert-OH is 1. The smallest absolute Gasteiger partial charge is 0.0540 e. The molecule has 21 heavy (non-hydrogen) atoms. The molecule has 1 N–H and O–H groups in total. The first-order valence-electron chi connectivity index (χ1n) is 7.59. The number of rotatable bonds is 6. The predicted molar refractivity (Wildman–Crippen MR) is 89.5 cm³/mol. The molecule has 1 aromatic heterocycles. The van der Waals surface area contributed by atoms with Crippen molar-refractivity contribution in [2.45, 2.75) is 37.8 Å². The van der Waals surface area contributed by atoms with Crippen LogP contribution in [0.25, 0.3) is 0 Å². The van der Waals surface area contributed by atoms with Gasteiger partial charge in [0.05, 0.1) is 6.61 Å². The first-order valence-corrected chi connectivity index (χ1v) is 8.47. The zero-order valence-corrected chi connectivity index (χ0v) is 14.2. The molecular formula is C17H26N2OS. The Morgan fingerprint density at radius 2 is 2.10 bits per heavy atom. The molecule has 1 fully saturated rings. The minimum atomic E-state index is 0.138. The van der Waals surface area contributed by atoms with E-state index in [0.29, 0.717) is 12.0 Å². The first kappa shape index (κ1) is 16.5. The second kappa shape index (κ2) is 7.42. The lowest BCUT2D eigenvalue weighted by molar-refractivity contribution is 0.0261. The SMILES string of the molecule is CN(Cc1cc(C#CCCO)cs1)CC1(N(C)C)CCC1. The number of hydrogen-bond acceptors (Lipinski definition) is 4. The van der Waals surface area contributed by atoms with E-state index in [1.807, 2.05) is 0 Å². The maximum absolute atomic E-state index is 8.74. The van der Waals surface area contributed by atoms with Gasteiger partial charge in [0.15, 0.2) is 0 Å². The molecule has 1 saturated carbocycles. The zero-order chi connectivity index (χ0) is 15.3. The summed E-state index contributed by atoms with van der Waals surface area (Å²) >= 11 is 1.78. The third-order valence-corrected chi connectivity index (χ3v) is 5.27. The summed E-state index contributed by atoms with van der Waals surface area (Å²) in [4.78, 5) is 6.18. The summed E-state index contributed by atoms with van der Waals surface area (Å²) in [5.41, 5.74) is 1.46. The Morgan fingerprint density at radius 1 is 1.33 bits per heavy atom. The van der Waals surface area contributed by atoms with E-state index in [1.165, 1.54) is 24.1 Å². The van der Waals surface area contributed by atoms with Crippen LogP contribution in [0.2, 0.25) is 0 Å². The van der Waals surface area contributed by atoms with Crippen molar-refractivity contribution >= 4 is 11.3 Å². The van der Waals surface area contributed by atoms with Crippen LogP contribution in [-0.4, -0.2) is 54.7 Å². The van der Waals surface area contributed by atoms with Crippen LogP contribution >= 0.6 is 11.3 Å². The molecule has 1 aromatic rings. The van der Waals surface area contributed by atoms with Gasteiger partial charge in [-0.05, 0) is 46.5 Å². The molecule has 0 spiro atoms. The minimum absolute atomic E-state index is 0.138. The van der Waals surface area contributed by atoms with E-state index < -0.39 is 0 Å². The average molecular weight is 306 g/mol. The Balaban J connectivity index is 1.88. The number of hydrogen-bond donors (Lipinski definition) is 1. The Kier molecular flexibility index (Phi) is 5.83. The van der Waals surface area contributed by atoms with Crippen LogP contribution in [-0.2, 0) is 6.54 Å². The second-order valence-corrected chi connectivity index (χ2v) is 7.22. The topological polar surface area (TPSA) is 26.7 Å². The Morgan fingerprint density at radius 3 is 2.67 bits per heavy atom. The highest BCUT2D eigenvalue weighted by Crippen LogP contribution is 2.36. The highest BCUT2D eigenvalue weighted by Gasteiger charge is 2.39. The average Bonchev–Trinajstić information content (AvgIpc) is 2.81. The van der Waals surface area contributed by atoms with Crippen molar-refractivity contribution in [1.82, 2.24) is 9.80 Å². The summed E-state index contributed by atoms with van der Waals surface area (Å²) in [6, 6.07) is 2.18. The predicted octanol–water partition coefficient (Wildman–Crippen LogP) is 2.40. The fraction of sp³-hybridized carbons (Fsp3) is 0.647. The van der Waals surface area contributed by atoms with E-state index in [1.54, 1.807) is 11.3 Å². The molecule has 1 aliphatic rings. The molecule has 1 aliphatic carbocycles. The van der Waals surface area contributed by atoms with Crippen molar-refractivity contribution in [3.05, 3.63) is 21.9 Å². The van der Waals surface area contributed by atoms with Crippen LogP contribution in [0.15, 0.2) is 11.4 Å². The normalized spacial score (nSPS) is 16.7. The summed E-state index contributed by atoms with van der Waals surface area (Å²) in [5.74, 6) is 6.08. The minimum Gasteiger partial charge on any atom is -0.395 e. The van der Waals surface area contributed by atoms with Gasteiger partial charge in [-0.15, -0.1) is 11.3 Å². The highest BCUT2D eigenvalue weighted by atomic mass is 32.1. The largest absolute Gasteiger partial charge is 0.395 e. The van der Waals surface area contributed by atoms with E-state index >= 15 is 0 Å². The number of likely N-dealkylation sites (N-methyl/N-ethyl adjacent to an activating group) is 2. The fourth-order valence-electron chi connectivity index (χ4n) is 2.91. The van der Waals surface area contributed by atoms with E-state index in [4.69, 9.17) is 5.11 Å². The van der Waals surface area contributed by atoms with Crippen molar-refractivity contribution in [1.29, 1.82) is 0 Å². The Labute approximate surface area is 132 Å². The van der Waals surface area contributed by atoms with E-state index in [0.717, 1.165) is 18.7 Å². The molecule has 0 saturated heterocycles. The van der Waals surface area contributed by atoms with Gasteiger partial charge in [-0.25, -0.2) is 0 Å². The highest BCUT2D eigenvalue weighted by molar-refractivity contribution is 7.10. The molecule has 0 radical (unpaired) electrons. The van der Waals surface area contributed by atoms with Gasteiger partial charge in [0.25, 0.3) is 0 Å². The molecule has 0 aromatic carbocycles. The summed E-state index contributed by atoms with van der Waals surface area (Å²) in [6.07, 6.45) is 4.53. The molecular weight excluding hydrogens is 280 g/mol. The Hall–Kier alpha value is -0.860. The molecule has 0 amide bonds. The number of thiophene rings is 1. The van der Waals surface area contributed by atoms with Gasteiger partial charge in [0.2, 0.25) is 0 Å². The first-order chi connectivity index (χ1) is 10.1. The molecule has 0 bridgehead atoms. The lowest BCUT2D eigenvalue weighted by atomic mass is 9.75. The van der Waals surface area contributed by atoms with Gasteiger partial charge >= 0.3 is 0 Å². The summed E-state index contributed by atoms with van der Waals surface area (Å²) in [5, 5.41) is 10.8. The zero-order valence-electron chi connectivity index (χ0n) is 13.4. The van der Waals surface area contributed by atoms with Crippen LogP contribution in [0.4, 0.5) is 0 Å². The van der Waals surface area contributed by atoms with Gasteiger partial charge in [-0.2, -0.15) is 0 Å². The van der Waals surface area contributed by atoms with Crippen molar-refractivity contribution in [2.24, 2.45) is 0 Å². The number of nitrogens with zero attached hydrogens (tertiary/aromatic N) is 2.